The second kappa shape index (κ2) is 13.8. The maximum atomic E-state index is 11.5. The molecule has 32 heavy (non-hydrogen) atoms. The molecule has 2 aromatic rings. The van der Waals surface area contributed by atoms with Gasteiger partial charge in [-0.1, -0.05) is 39.3 Å². The highest BCUT2D eigenvalue weighted by atomic mass is 79.9. The predicted molar refractivity (Wildman–Crippen MR) is 129 cm³/mol. The number of hydrogen-bond acceptors (Lipinski definition) is 6. The zero-order chi connectivity index (χ0) is 22.1. The summed E-state index contributed by atoms with van der Waals surface area (Å²) in [6.07, 6.45) is -0.376. The van der Waals surface area contributed by atoms with Gasteiger partial charge in [0.1, 0.15) is 43.5 Å². The molecule has 9 heteroatoms. The van der Waals surface area contributed by atoms with E-state index in [1.165, 1.54) is 0 Å². The third-order valence-electron chi connectivity index (χ3n) is 4.42. The zero-order valence-electron chi connectivity index (χ0n) is 16.9. The van der Waals surface area contributed by atoms with E-state index in [-0.39, 0.29) is 33.1 Å². The highest BCUT2D eigenvalue weighted by Gasteiger charge is 2.23. The number of rotatable bonds is 8. The Balaban J connectivity index is 0.000000241. The molecule has 0 radical (unpaired) electrons. The fourth-order valence-corrected chi connectivity index (χ4v) is 3.19. The molecule has 1 amide bonds. The molecule has 2 heterocycles. The maximum absolute atomic E-state index is 11.5. The van der Waals surface area contributed by atoms with Crippen LogP contribution in [0.1, 0.15) is 7.43 Å². The number of carbonyl (C=O) groups excluding carboxylic acids is 1. The number of ether oxygens (including phenoxy) is 4. The number of morpholine rings is 1. The molecule has 0 bridgehead atoms. The molecule has 7 nitrogen and oxygen atoms in total. The highest BCUT2D eigenvalue weighted by Crippen LogP contribution is 2.18. The van der Waals surface area contributed by atoms with Crippen LogP contribution in [0.15, 0.2) is 57.5 Å². The van der Waals surface area contributed by atoms with Gasteiger partial charge in [-0.3, -0.25) is 4.79 Å². The lowest BCUT2D eigenvalue weighted by atomic mass is 10.3. The number of aliphatic hydroxyl groups is 1. The molecule has 1 N–H and O–H groups in total. The van der Waals surface area contributed by atoms with Crippen LogP contribution in [0.5, 0.6) is 11.5 Å². The lowest BCUT2D eigenvalue weighted by molar-refractivity contribution is -0.144. The Labute approximate surface area is 205 Å². The van der Waals surface area contributed by atoms with Crippen LogP contribution in [-0.2, 0) is 14.3 Å². The van der Waals surface area contributed by atoms with Gasteiger partial charge >= 0.3 is 0 Å². The molecule has 0 aromatic heterocycles. The molecule has 2 unspecified atom stereocenters. The van der Waals surface area contributed by atoms with E-state index in [2.05, 4.69) is 31.9 Å². The summed E-state index contributed by atoms with van der Waals surface area (Å²) < 4.78 is 23.0. The number of aliphatic hydroxyl groups excluding tert-OH is 1. The Morgan fingerprint density at radius 1 is 1.03 bits per heavy atom. The molecule has 2 fully saturated rings. The van der Waals surface area contributed by atoms with Crippen LogP contribution in [0.25, 0.3) is 0 Å². The van der Waals surface area contributed by atoms with Gasteiger partial charge in [0.15, 0.2) is 0 Å². The molecule has 2 aliphatic heterocycles. The second-order valence-electron chi connectivity index (χ2n) is 7.03. The fourth-order valence-electron chi connectivity index (χ4n) is 2.66. The van der Waals surface area contributed by atoms with Crippen LogP contribution in [-0.4, -0.2) is 74.2 Å². The van der Waals surface area contributed by atoms with Crippen LogP contribution in [0.3, 0.4) is 0 Å². The normalized spacial score (nSPS) is 18.0. The third-order valence-corrected chi connectivity index (χ3v) is 5.48. The second-order valence-corrected chi connectivity index (χ2v) is 8.86. The van der Waals surface area contributed by atoms with Gasteiger partial charge in [0.25, 0.3) is 0 Å². The quantitative estimate of drug-likeness (QED) is 0.482. The van der Waals surface area contributed by atoms with Gasteiger partial charge in [-0.2, -0.15) is 0 Å². The Morgan fingerprint density at radius 3 is 2.12 bits per heavy atom. The van der Waals surface area contributed by atoms with E-state index in [9.17, 15) is 9.90 Å². The first-order valence-electron chi connectivity index (χ1n) is 9.91. The van der Waals surface area contributed by atoms with Crippen molar-refractivity contribution < 1.29 is 28.8 Å². The zero-order valence-corrected chi connectivity index (χ0v) is 20.1. The average molecular weight is 575 g/mol. The Morgan fingerprint density at radius 2 is 1.59 bits per heavy atom. The molecule has 2 atom stereocenters. The molecule has 2 saturated heterocycles. The van der Waals surface area contributed by atoms with E-state index in [0.717, 1.165) is 21.3 Å². The summed E-state index contributed by atoms with van der Waals surface area (Å²) in [7, 11) is 0. The summed E-state index contributed by atoms with van der Waals surface area (Å²) in [6.45, 7) is 3.09. The Bertz CT molecular complexity index is 814. The molecule has 0 spiro atoms. The molecular weight excluding hydrogens is 546 g/mol. The van der Waals surface area contributed by atoms with Gasteiger partial charge in [0.05, 0.1) is 19.8 Å². The lowest BCUT2D eigenvalue weighted by Gasteiger charge is -2.28. The third kappa shape index (κ3) is 9.87. The minimum absolute atomic E-state index is 0. The number of carbonyl (C=O) groups is 1. The van der Waals surface area contributed by atoms with Crippen molar-refractivity contribution in [3.05, 3.63) is 57.5 Å². The highest BCUT2D eigenvalue weighted by molar-refractivity contribution is 9.10. The van der Waals surface area contributed by atoms with Crippen molar-refractivity contribution in [1.29, 1.82) is 0 Å². The SMILES string of the molecule is Brc1ccc(OCC2CO2)cc1.C.O=C1COCCN1CC(O)COc1ccc(Br)cc1. The summed E-state index contributed by atoms with van der Waals surface area (Å²) in [4.78, 5) is 13.1. The van der Waals surface area contributed by atoms with Gasteiger partial charge in [0, 0.05) is 15.5 Å². The first-order chi connectivity index (χ1) is 15.0. The Kier molecular flexibility index (Phi) is 11.5. The van der Waals surface area contributed by atoms with Gasteiger partial charge < -0.3 is 29.0 Å². The molecule has 0 aliphatic carbocycles. The number of halogens is 2. The number of nitrogens with zero attached hydrogens (tertiary/aromatic N) is 1. The smallest absolute Gasteiger partial charge is 0.248 e. The van der Waals surface area contributed by atoms with Crippen LogP contribution < -0.4 is 9.47 Å². The Hall–Kier alpha value is -1.65. The predicted octanol–water partition coefficient (Wildman–Crippen LogP) is 3.91. The standard InChI is InChI=1S/C13H16BrNO4.C9H9BrO2.CH4/c14-10-1-3-12(4-2-10)19-8-11(16)7-15-5-6-18-9-13(15)17;10-7-1-3-8(4-2-7)11-5-9-6-12-9;/h1-4,11,16H,5-9H2;1-4,9H,5-6H2;1H4. The van der Waals surface area contributed by atoms with Crippen molar-refractivity contribution >= 4 is 37.8 Å². The van der Waals surface area contributed by atoms with Crippen LogP contribution in [0.2, 0.25) is 0 Å². The van der Waals surface area contributed by atoms with Crippen LogP contribution >= 0.6 is 31.9 Å². The summed E-state index contributed by atoms with van der Waals surface area (Å²) >= 11 is 6.69. The largest absolute Gasteiger partial charge is 0.491 e. The molecule has 176 valence electrons. The first kappa shape index (κ1) is 26.6. The topological polar surface area (TPSA) is 80.8 Å². The van der Waals surface area contributed by atoms with Crippen molar-refractivity contribution in [3.8, 4) is 11.5 Å². The van der Waals surface area contributed by atoms with Crippen molar-refractivity contribution in [2.75, 3.05) is 46.1 Å². The maximum Gasteiger partial charge on any atom is 0.248 e. The van der Waals surface area contributed by atoms with E-state index >= 15 is 0 Å². The van der Waals surface area contributed by atoms with Crippen molar-refractivity contribution in [2.45, 2.75) is 19.6 Å². The summed E-state index contributed by atoms with van der Waals surface area (Å²) in [6, 6.07) is 15.2. The van der Waals surface area contributed by atoms with Crippen LogP contribution in [0, 0.1) is 0 Å². The number of benzene rings is 2. The van der Waals surface area contributed by atoms with E-state index in [1.807, 2.05) is 48.5 Å². The summed E-state index contributed by atoms with van der Waals surface area (Å²) in [5.41, 5.74) is 0. The van der Waals surface area contributed by atoms with E-state index in [0.29, 0.717) is 31.6 Å². The lowest BCUT2D eigenvalue weighted by Crippen LogP contribution is -2.46. The minimum Gasteiger partial charge on any atom is -0.491 e. The molecule has 2 aliphatic rings. The van der Waals surface area contributed by atoms with Gasteiger partial charge in [0.2, 0.25) is 5.91 Å². The average Bonchev–Trinajstić information content (AvgIpc) is 3.60. The van der Waals surface area contributed by atoms with E-state index < -0.39 is 6.10 Å². The van der Waals surface area contributed by atoms with E-state index in [4.69, 9.17) is 18.9 Å². The molecule has 0 saturated carbocycles. The number of β-amino-alcohol motifs (C(OH)–C–C–N with tert-alkyl or cyclic N) is 1. The monoisotopic (exact) mass is 573 g/mol. The number of hydrogen-bond donors (Lipinski definition) is 1. The van der Waals surface area contributed by atoms with Crippen molar-refractivity contribution in [3.63, 3.8) is 0 Å². The van der Waals surface area contributed by atoms with Gasteiger partial charge in [-0.15, -0.1) is 0 Å². The fraction of sp³-hybridized carbons (Fsp3) is 0.435. The van der Waals surface area contributed by atoms with Crippen LogP contribution in [0.4, 0.5) is 0 Å². The van der Waals surface area contributed by atoms with Crippen molar-refractivity contribution in [1.82, 2.24) is 4.90 Å². The number of amides is 1. The molecule has 2 aromatic carbocycles. The molecular formula is C23H29Br2NO6. The first-order valence-corrected chi connectivity index (χ1v) is 11.5. The van der Waals surface area contributed by atoms with Crippen molar-refractivity contribution in [2.24, 2.45) is 0 Å². The van der Waals surface area contributed by atoms with Gasteiger partial charge in [-0.25, -0.2) is 0 Å². The minimum atomic E-state index is -0.703. The van der Waals surface area contributed by atoms with Gasteiger partial charge in [-0.05, 0) is 48.5 Å². The summed E-state index contributed by atoms with van der Waals surface area (Å²) in [5.74, 6) is 1.50. The summed E-state index contributed by atoms with van der Waals surface area (Å²) in [5, 5.41) is 9.87. The number of epoxide rings is 1. The molecule has 4 rings (SSSR count). The van der Waals surface area contributed by atoms with E-state index in [1.54, 1.807) is 4.90 Å².